The van der Waals surface area contributed by atoms with E-state index in [1.165, 1.54) is 180 Å². The summed E-state index contributed by atoms with van der Waals surface area (Å²) in [4.78, 5) is 0. The van der Waals surface area contributed by atoms with E-state index in [1.807, 2.05) is 0 Å². The van der Waals surface area contributed by atoms with Crippen molar-refractivity contribution in [1.29, 1.82) is 0 Å². The maximum Gasteiger partial charge on any atom is 0.184 e. The van der Waals surface area contributed by atoms with Crippen LogP contribution in [0.2, 0.25) is 39.3 Å². The van der Waals surface area contributed by atoms with E-state index in [9.17, 15) is 0 Å². The highest BCUT2D eigenvalue weighted by Gasteiger charge is 2.23. The Morgan fingerprint density at radius 3 is 0.878 bits per heavy atom. The van der Waals surface area contributed by atoms with Crippen LogP contribution in [0, 0.1) is 0 Å². The van der Waals surface area contributed by atoms with Crippen LogP contribution in [0.25, 0.3) is 0 Å². The molecule has 2 nitrogen and oxygen atoms in total. The fourth-order valence-corrected chi connectivity index (χ4v) is 7.76. The zero-order valence-electron chi connectivity index (χ0n) is 29.9. The summed E-state index contributed by atoms with van der Waals surface area (Å²) in [5.74, 6) is 0. The molecule has 4 heteroatoms. The minimum absolute atomic E-state index is 0.313. The predicted octanol–water partition coefficient (Wildman–Crippen LogP) is 14.0. The second kappa shape index (κ2) is 29.1. The lowest BCUT2D eigenvalue weighted by Crippen LogP contribution is -2.38. The predicted molar refractivity (Wildman–Crippen MR) is 192 cm³/mol. The Bertz CT molecular complexity index is 512. The Balaban J connectivity index is 3.33. The average Bonchev–Trinajstić information content (AvgIpc) is 2.90. The molecule has 0 aromatic carbocycles. The quantitative estimate of drug-likeness (QED) is 0.0542. The van der Waals surface area contributed by atoms with Crippen LogP contribution in [0.1, 0.15) is 187 Å². The molecule has 41 heavy (non-hydrogen) atoms. The van der Waals surface area contributed by atoms with E-state index in [0.29, 0.717) is 6.10 Å². The summed E-state index contributed by atoms with van der Waals surface area (Å²) < 4.78 is 12.6. The van der Waals surface area contributed by atoms with Crippen molar-refractivity contribution in [3.8, 4) is 0 Å². The van der Waals surface area contributed by atoms with Gasteiger partial charge in [-0.2, -0.15) is 0 Å². The maximum atomic E-state index is 6.43. The van der Waals surface area contributed by atoms with Gasteiger partial charge in [0.25, 0.3) is 0 Å². The molecular weight excluding hydrogens is 533 g/mol. The highest BCUT2D eigenvalue weighted by molar-refractivity contribution is 6.70. The highest BCUT2D eigenvalue weighted by Crippen LogP contribution is 2.19. The molecule has 1 unspecified atom stereocenters. The van der Waals surface area contributed by atoms with Crippen LogP contribution < -0.4 is 0 Å². The van der Waals surface area contributed by atoms with Crippen molar-refractivity contribution in [2.75, 3.05) is 6.61 Å². The summed E-state index contributed by atoms with van der Waals surface area (Å²) in [6, 6.07) is 0. The molecule has 0 aromatic heterocycles. The molecule has 0 spiro atoms. The highest BCUT2D eigenvalue weighted by atomic mass is 28.4. The van der Waals surface area contributed by atoms with Crippen LogP contribution in [0.3, 0.4) is 0 Å². The van der Waals surface area contributed by atoms with Gasteiger partial charge in [0.1, 0.15) is 0 Å². The molecule has 0 bridgehead atoms. The first kappa shape index (κ1) is 41.4. The van der Waals surface area contributed by atoms with Gasteiger partial charge < -0.3 is 8.85 Å². The molecule has 0 aromatic rings. The average molecular weight is 613 g/mol. The van der Waals surface area contributed by atoms with Crippen molar-refractivity contribution in [3.63, 3.8) is 0 Å². The zero-order chi connectivity index (χ0) is 30.5. The van der Waals surface area contributed by atoms with Gasteiger partial charge in [-0.3, -0.25) is 0 Å². The minimum Gasteiger partial charge on any atom is -0.415 e. The van der Waals surface area contributed by atoms with Crippen LogP contribution in [-0.2, 0) is 8.85 Å². The lowest BCUT2D eigenvalue weighted by molar-refractivity contribution is 0.109. The molecular formula is C37H80O2Si2. The van der Waals surface area contributed by atoms with Crippen molar-refractivity contribution in [2.24, 2.45) is 0 Å². The maximum absolute atomic E-state index is 6.43. The molecule has 0 saturated carbocycles. The number of hydrogen-bond donors (Lipinski definition) is 0. The van der Waals surface area contributed by atoms with Gasteiger partial charge in [0.2, 0.25) is 0 Å². The van der Waals surface area contributed by atoms with Gasteiger partial charge in [-0.05, 0) is 45.7 Å². The molecule has 0 aliphatic heterocycles. The number of hydrogen-bond acceptors (Lipinski definition) is 2. The number of rotatable bonds is 33. The number of unbranched alkanes of at least 4 members (excludes halogenated alkanes) is 26. The summed E-state index contributed by atoms with van der Waals surface area (Å²) in [5.41, 5.74) is 0. The third kappa shape index (κ3) is 36.5. The molecule has 0 saturated heterocycles. The molecule has 0 aliphatic rings. The standard InChI is InChI=1S/C37H80O2Si2/c1-8-9-10-11-12-13-14-15-16-17-18-19-20-21-22-23-24-25-26-27-28-29-30-31-32-33-34-35-37(39-41(5,6)7)36-38-40(2,3)4/h37H,8-36H2,1-7H3. The summed E-state index contributed by atoms with van der Waals surface area (Å²) in [7, 11) is -2.97. The van der Waals surface area contributed by atoms with Gasteiger partial charge >= 0.3 is 0 Å². The van der Waals surface area contributed by atoms with Gasteiger partial charge in [-0.25, -0.2) is 0 Å². The van der Waals surface area contributed by atoms with Crippen LogP contribution in [-0.4, -0.2) is 29.3 Å². The fraction of sp³-hybridized carbons (Fsp3) is 1.00. The van der Waals surface area contributed by atoms with Crippen LogP contribution in [0.5, 0.6) is 0 Å². The smallest absolute Gasteiger partial charge is 0.184 e. The van der Waals surface area contributed by atoms with Crippen molar-refractivity contribution >= 4 is 16.6 Å². The van der Waals surface area contributed by atoms with Crippen LogP contribution in [0.15, 0.2) is 0 Å². The first-order chi connectivity index (χ1) is 19.6. The van der Waals surface area contributed by atoms with Gasteiger partial charge in [0.05, 0.1) is 12.7 Å². The first-order valence-electron chi connectivity index (χ1n) is 19.0. The monoisotopic (exact) mass is 613 g/mol. The molecule has 0 aliphatic carbocycles. The Morgan fingerprint density at radius 1 is 0.366 bits per heavy atom. The van der Waals surface area contributed by atoms with E-state index < -0.39 is 16.6 Å². The van der Waals surface area contributed by atoms with Gasteiger partial charge in [0.15, 0.2) is 16.6 Å². The van der Waals surface area contributed by atoms with Crippen molar-refractivity contribution in [2.45, 2.75) is 232 Å². The van der Waals surface area contributed by atoms with Crippen molar-refractivity contribution in [1.82, 2.24) is 0 Å². The minimum atomic E-state index is -1.50. The fourth-order valence-electron chi connectivity index (χ4n) is 5.88. The van der Waals surface area contributed by atoms with E-state index in [2.05, 4.69) is 46.2 Å². The lowest BCUT2D eigenvalue weighted by atomic mass is 10.0. The van der Waals surface area contributed by atoms with Gasteiger partial charge in [-0.15, -0.1) is 0 Å². The molecule has 1 atom stereocenters. The Hall–Kier alpha value is 0.354. The molecule has 0 amide bonds. The van der Waals surface area contributed by atoms with Crippen LogP contribution >= 0.6 is 0 Å². The second-order valence-electron chi connectivity index (χ2n) is 15.3. The summed E-state index contributed by atoms with van der Waals surface area (Å²) in [6.45, 7) is 16.9. The molecule has 0 radical (unpaired) electrons. The van der Waals surface area contributed by atoms with Gasteiger partial charge in [0, 0.05) is 0 Å². The van der Waals surface area contributed by atoms with E-state index in [1.54, 1.807) is 0 Å². The third-order valence-electron chi connectivity index (χ3n) is 8.35. The van der Waals surface area contributed by atoms with Gasteiger partial charge in [-0.1, -0.05) is 180 Å². The third-order valence-corrected chi connectivity index (χ3v) is 10.4. The molecule has 0 fully saturated rings. The Morgan fingerprint density at radius 2 is 0.634 bits per heavy atom. The normalized spacial score (nSPS) is 13.2. The molecule has 0 rings (SSSR count). The van der Waals surface area contributed by atoms with Crippen molar-refractivity contribution in [3.05, 3.63) is 0 Å². The van der Waals surface area contributed by atoms with E-state index in [4.69, 9.17) is 8.85 Å². The van der Waals surface area contributed by atoms with E-state index >= 15 is 0 Å². The largest absolute Gasteiger partial charge is 0.415 e. The lowest BCUT2D eigenvalue weighted by Gasteiger charge is -2.29. The SMILES string of the molecule is CCCCCCCCCCCCCCCCCCCCCCCCCCCCCC(CO[Si](C)(C)C)O[Si](C)(C)C. The van der Waals surface area contributed by atoms with Crippen molar-refractivity contribution < 1.29 is 8.85 Å². The molecule has 0 heterocycles. The van der Waals surface area contributed by atoms with E-state index in [0.717, 1.165) is 6.61 Å². The molecule has 0 N–H and O–H groups in total. The van der Waals surface area contributed by atoms with Crippen LogP contribution in [0.4, 0.5) is 0 Å². The zero-order valence-corrected chi connectivity index (χ0v) is 31.9. The Labute approximate surface area is 263 Å². The summed E-state index contributed by atoms with van der Waals surface area (Å²) in [5, 5.41) is 0. The Kier molecular flexibility index (Phi) is 29.3. The summed E-state index contributed by atoms with van der Waals surface area (Å²) >= 11 is 0. The second-order valence-corrected chi connectivity index (χ2v) is 24.2. The topological polar surface area (TPSA) is 18.5 Å². The molecule has 248 valence electrons. The first-order valence-corrected chi connectivity index (χ1v) is 25.8. The van der Waals surface area contributed by atoms with E-state index in [-0.39, 0.29) is 0 Å². The summed E-state index contributed by atoms with van der Waals surface area (Å²) in [6.07, 6.45) is 40.7.